The number of amides is 5. The van der Waals surface area contributed by atoms with Crippen molar-refractivity contribution >= 4 is 47.3 Å². The molecule has 0 radical (unpaired) electrons. The number of halogens is 1. The number of carbonyl (C=O) groups is 6. The highest BCUT2D eigenvalue weighted by molar-refractivity contribution is 6.30. The molecular formula is C27H31ClN4O8. The van der Waals surface area contributed by atoms with Crippen molar-refractivity contribution in [3.63, 3.8) is 0 Å². The standard InChI is InChI=1S/C27H31ClN4O8/c1-18(33)29(5)16-23(35)39-17-22(34)30(6)40-26(38)31(24(36)20-12-14-21(28)15-13-20)32(27(2,3)4)25(37)19-10-8-7-9-11-19/h7-15H,16-17H2,1-6H3. The first-order valence-corrected chi connectivity index (χ1v) is 12.4. The Labute approximate surface area is 236 Å². The predicted octanol–water partition coefficient (Wildman–Crippen LogP) is 3.17. The van der Waals surface area contributed by atoms with Crippen LogP contribution >= 0.6 is 11.6 Å². The molecule has 0 aromatic heterocycles. The highest BCUT2D eigenvalue weighted by Crippen LogP contribution is 2.24. The van der Waals surface area contributed by atoms with Crippen molar-refractivity contribution in [3.05, 3.63) is 70.7 Å². The van der Waals surface area contributed by atoms with Crippen LogP contribution in [-0.2, 0) is 24.0 Å². The van der Waals surface area contributed by atoms with Crippen LogP contribution in [0.15, 0.2) is 54.6 Å². The summed E-state index contributed by atoms with van der Waals surface area (Å²) >= 11 is 5.94. The zero-order chi connectivity index (χ0) is 30.2. The Balaban J connectivity index is 2.35. The third-order valence-electron chi connectivity index (χ3n) is 5.33. The van der Waals surface area contributed by atoms with Crippen LogP contribution in [0.5, 0.6) is 0 Å². The molecule has 214 valence electrons. The van der Waals surface area contributed by atoms with Gasteiger partial charge in [-0.15, -0.1) is 5.01 Å². The summed E-state index contributed by atoms with van der Waals surface area (Å²) in [5, 5.41) is 2.24. The summed E-state index contributed by atoms with van der Waals surface area (Å²) in [7, 11) is 2.45. The largest absolute Gasteiger partial charge is 0.461 e. The Morgan fingerprint density at radius 1 is 0.825 bits per heavy atom. The topological polar surface area (TPSA) is 134 Å². The number of benzene rings is 2. The summed E-state index contributed by atoms with van der Waals surface area (Å²) in [5.41, 5.74) is -0.936. The number of hydroxylamine groups is 2. The first-order valence-electron chi connectivity index (χ1n) is 12.0. The van der Waals surface area contributed by atoms with Gasteiger partial charge in [-0.2, -0.15) is 5.06 Å². The normalized spacial score (nSPS) is 10.7. The monoisotopic (exact) mass is 574 g/mol. The molecule has 2 aromatic rings. The summed E-state index contributed by atoms with van der Waals surface area (Å²) in [5.74, 6) is -3.82. The molecule has 0 fully saturated rings. The van der Waals surface area contributed by atoms with E-state index >= 15 is 0 Å². The van der Waals surface area contributed by atoms with Crippen molar-refractivity contribution in [2.24, 2.45) is 0 Å². The van der Waals surface area contributed by atoms with Crippen molar-refractivity contribution in [1.29, 1.82) is 0 Å². The van der Waals surface area contributed by atoms with E-state index in [1.807, 2.05) is 0 Å². The zero-order valence-corrected chi connectivity index (χ0v) is 23.8. The van der Waals surface area contributed by atoms with Crippen molar-refractivity contribution in [2.45, 2.75) is 33.2 Å². The second-order valence-corrected chi connectivity index (χ2v) is 10.00. The minimum atomic E-state index is -1.38. The molecule has 0 aliphatic rings. The van der Waals surface area contributed by atoms with Crippen molar-refractivity contribution in [1.82, 2.24) is 20.0 Å². The lowest BCUT2D eigenvalue weighted by Gasteiger charge is -2.41. The van der Waals surface area contributed by atoms with Gasteiger partial charge in [0.15, 0.2) is 6.61 Å². The second kappa shape index (κ2) is 13.6. The summed E-state index contributed by atoms with van der Waals surface area (Å²) in [6.07, 6.45) is -1.38. The third kappa shape index (κ3) is 8.53. The number of hydrazine groups is 1. The number of esters is 1. The van der Waals surface area contributed by atoms with Gasteiger partial charge in [0.25, 0.3) is 17.7 Å². The Hall–Kier alpha value is -4.45. The van der Waals surface area contributed by atoms with E-state index in [2.05, 4.69) is 0 Å². The van der Waals surface area contributed by atoms with Crippen LogP contribution in [0.1, 0.15) is 48.4 Å². The molecule has 0 N–H and O–H groups in total. The number of rotatable bonds is 6. The molecule has 0 atom stereocenters. The SMILES string of the molecule is CC(=O)N(C)CC(=O)OCC(=O)N(C)OC(=O)N(C(=O)c1ccc(Cl)cc1)N(C(=O)c1ccccc1)C(C)(C)C. The van der Waals surface area contributed by atoms with E-state index in [4.69, 9.17) is 21.2 Å². The molecule has 0 spiro atoms. The van der Waals surface area contributed by atoms with E-state index < -0.39 is 48.5 Å². The first kappa shape index (κ1) is 31.8. The van der Waals surface area contributed by atoms with E-state index in [0.717, 1.165) is 17.0 Å². The molecule has 2 aromatic carbocycles. The summed E-state index contributed by atoms with van der Waals surface area (Å²) in [6, 6.07) is 13.6. The van der Waals surface area contributed by atoms with Crippen LogP contribution < -0.4 is 0 Å². The van der Waals surface area contributed by atoms with Gasteiger partial charge in [-0.05, 0) is 57.2 Å². The van der Waals surface area contributed by atoms with Crippen LogP contribution in [0.2, 0.25) is 5.02 Å². The van der Waals surface area contributed by atoms with Crippen LogP contribution in [0.4, 0.5) is 4.79 Å². The van der Waals surface area contributed by atoms with Crippen molar-refractivity contribution in [3.8, 4) is 0 Å². The Morgan fingerprint density at radius 3 is 1.90 bits per heavy atom. The molecule has 13 heteroatoms. The number of carbonyl (C=O) groups excluding carboxylic acids is 6. The van der Waals surface area contributed by atoms with Gasteiger partial charge in [-0.25, -0.2) is 9.80 Å². The molecule has 2 rings (SSSR count). The van der Waals surface area contributed by atoms with E-state index in [1.54, 1.807) is 39.0 Å². The fourth-order valence-corrected chi connectivity index (χ4v) is 3.29. The summed E-state index contributed by atoms with van der Waals surface area (Å²) in [6.45, 7) is 4.87. The molecule has 0 aliphatic heterocycles. The number of ether oxygens (including phenoxy) is 1. The lowest BCUT2D eigenvalue weighted by Crippen LogP contribution is -2.61. The molecular weight excluding hydrogens is 544 g/mol. The van der Waals surface area contributed by atoms with Gasteiger partial charge in [0.05, 0.1) is 5.54 Å². The maximum atomic E-state index is 13.6. The first-order chi connectivity index (χ1) is 18.6. The Bertz CT molecular complexity index is 1260. The molecule has 0 bridgehead atoms. The van der Waals surface area contributed by atoms with Crippen molar-refractivity contribution < 1.29 is 38.3 Å². The average Bonchev–Trinajstić information content (AvgIpc) is 2.89. The van der Waals surface area contributed by atoms with Crippen molar-refractivity contribution in [2.75, 3.05) is 27.2 Å². The lowest BCUT2D eigenvalue weighted by atomic mass is 10.1. The summed E-state index contributed by atoms with van der Waals surface area (Å²) < 4.78 is 4.84. The van der Waals surface area contributed by atoms with Gasteiger partial charge in [0.2, 0.25) is 5.91 Å². The molecule has 0 unspecified atom stereocenters. The number of nitrogens with zero attached hydrogens (tertiary/aromatic N) is 4. The lowest BCUT2D eigenvalue weighted by molar-refractivity contribution is -0.174. The summed E-state index contributed by atoms with van der Waals surface area (Å²) in [4.78, 5) is 82.6. The minimum absolute atomic E-state index is 0.00830. The molecule has 0 saturated carbocycles. The number of hydrogen-bond donors (Lipinski definition) is 0. The molecule has 5 amide bonds. The maximum Gasteiger partial charge on any atom is 0.461 e. The van der Waals surface area contributed by atoms with Gasteiger partial charge in [-0.1, -0.05) is 29.8 Å². The molecule has 12 nitrogen and oxygen atoms in total. The quantitative estimate of drug-likeness (QED) is 0.379. The molecule has 0 aliphatic carbocycles. The van der Waals surface area contributed by atoms with Crippen LogP contribution in [-0.4, -0.2) is 88.5 Å². The Morgan fingerprint density at radius 2 is 1.38 bits per heavy atom. The molecule has 0 heterocycles. The fraction of sp³-hybridized carbons (Fsp3) is 0.333. The molecule has 40 heavy (non-hydrogen) atoms. The molecule has 0 saturated heterocycles. The van der Waals surface area contributed by atoms with Crippen LogP contribution in [0.3, 0.4) is 0 Å². The Kier molecular flexibility index (Phi) is 10.8. The predicted molar refractivity (Wildman–Crippen MR) is 144 cm³/mol. The number of hydrogen-bond acceptors (Lipinski definition) is 8. The van der Waals surface area contributed by atoms with Gasteiger partial charge in [0, 0.05) is 37.2 Å². The minimum Gasteiger partial charge on any atom is -0.454 e. The van der Waals surface area contributed by atoms with Gasteiger partial charge in [0.1, 0.15) is 6.54 Å². The highest BCUT2D eigenvalue weighted by Gasteiger charge is 2.42. The van der Waals surface area contributed by atoms with Crippen LogP contribution in [0, 0.1) is 0 Å². The number of imide groups is 1. The zero-order valence-electron chi connectivity index (χ0n) is 23.0. The van der Waals surface area contributed by atoms with E-state index in [0.29, 0.717) is 15.1 Å². The van der Waals surface area contributed by atoms with E-state index in [-0.39, 0.29) is 17.0 Å². The van der Waals surface area contributed by atoms with E-state index in [1.165, 1.54) is 50.4 Å². The van der Waals surface area contributed by atoms with Crippen LogP contribution in [0.25, 0.3) is 0 Å². The van der Waals surface area contributed by atoms with Gasteiger partial charge < -0.3 is 14.5 Å². The smallest absolute Gasteiger partial charge is 0.454 e. The number of likely N-dealkylation sites (N-methyl/N-ethyl adjacent to an activating group) is 2. The highest BCUT2D eigenvalue weighted by atomic mass is 35.5. The van der Waals surface area contributed by atoms with E-state index in [9.17, 15) is 28.8 Å². The maximum absolute atomic E-state index is 13.6. The average molecular weight is 575 g/mol. The van der Waals surface area contributed by atoms with Gasteiger partial charge >= 0.3 is 12.1 Å². The van der Waals surface area contributed by atoms with Gasteiger partial charge in [-0.3, -0.25) is 24.0 Å². The second-order valence-electron chi connectivity index (χ2n) is 9.56. The fourth-order valence-electron chi connectivity index (χ4n) is 3.16. The third-order valence-corrected chi connectivity index (χ3v) is 5.58.